The quantitative estimate of drug-likeness (QED) is 0.335. The molecule has 0 saturated carbocycles. The highest BCUT2D eigenvalue weighted by Crippen LogP contribution is 2.38. The highest BCUT2D eigenvalue weighted by Gasteiger charge is 2.45. The molecule has 0 bridgehead atoms. The van der Waals surface area contributed by atoms with Crippen LogP contribution in [-0.4, -0.2) is 77.0 Å². The third-order valence-electron chi connectivity index (χ3n) is 7.25. The van der Waals surface area contributed by atoms with E-state index < -0.39 is 41.4 Å². The first-order chi connectivity index (χ1) is 18.9. The number of pyridine rings is 1. The van der Waals surface area contributed by atoms with E-state index >= 15 is 0 Å². The number of rotatable bonds is 6. The van der Waals surface area contributed by atoms with E-state index in [1.165, 1.54) is 18.3 Å². The van der Waals surface area contributed by atoms with Gasteiger partial charge < -0.3 is 20.4 Å². The lowest BCUT2D eigenvalue weighted by molar-refractivity contribution is -0.384. The van der Waals surface area contributed by atoms with Crippen LogP contribution in [0.1, 0.15) is 46.9 Å². The summed E-state index contributed by atoms with van der Waals surface area (Å²) in [4.78, 5) is 45.0. The number of benzene rings is 1. The van der Waals surface area contributed by atoms with Crippen LogP contribution in [0.25, 0.3) is 0 Å². The summed E-state index contributed by atoms with van der Waals surface area (Å²) in [5.41, 5.74) is 0.510. The molecule has 3 atom stereocenters. The topological polar surface area (TPSA) is 121 Å². The van der Waals surface area contributed by atoms with Crippen molar-refractivity contribution in [3.05, 3.63) is 56.3 Å². The van der Waals surface area contributed by atoms with Gasteiger partial charge in [-0.05, 0) is 37.3 Å². The molecule has 2 fully saturated rings. The number of carbonyl (C=O) groups is 2. The summed E-state index contributed by atoms with van der Waals surface area (Å²) < 4.78 is 40.9. The van der Waals surface area contributed by atoms with Gasteiger partial charge in [-0.15, -0.1) is 0 Å². The summed E-state index contributed by atoms with van der Waals surface area (Å²) in [6, 6.07) is 3.88. The fourth-order valence-corrected chi connectivity index (χ4v) is 5.79. The average molecular weight is 627 g/mol. The molecule has 2 aliphatic heterocycles. The van der Waals surface area contributed by atoms with Crippen LogP contribution in [-0.2, 0) is 0 Å². The number of aromatic nitrogens is 1. The molecule has 40 heavy (non-hydrogen) atoms. The van der Waals surface area contributed by atoms with E-state index in [2.05, 4.69) is 31.5 Å². The Kier molecular flexibility index (Phi) is 8.86. The number of likely N-dealkylation sites (tertiary alicyclic amines) is 2. The molecule has 2 aliphatic rings. The molecule has 0 aliphatic carbocycles. The van der Waals surface area contributed by atoms with Crippen molar-refractivity contribution < 1.29 is 27.7 Å². The lowest BCUT2D eigenvalue weighted by atomic mass is 9.89. The fraction of sp³-hybridized carbons (Fsp3) is 0.500. The maximum Gasteiger partial charge on any atom is 0.393 e. The van der Waals surface area contributed by atoms with E-state index in [1.54, 1.807) is 31.1 Å². The van der Waals surface area contributed by atoms with Crippen LogP contribution in [0, 0.1) is 22.0 Å². The van der Waals surface area contributed by atoms with Gasteiger partial charge in [0.05, 0.1) is 27.7 Å². The number of nitrogens with zero attached hydrogens (tertiary/aromatic N) is 4. The van der Waals surface area contributed by atoms with Crippen molar-refractivity contribution in [1.82, 2.24) is 14.8 Å². The zero-order valence-corrected chi connectivity index (χ0v) is 23.6. The van der Waals surface area contributed by atoms with Gasteiger partial charge in [-0.3, -0.25) is 24.7 Å². The minimum absolute atomic E-state index is 0.0712. The number of nitro groups is 1. The highest BCUT2D eigenvalue weighted by molar-refractivity contribution is 9.10. The molecule has 2 saturated heterocycles. The second kappa shape index (κ2) is 12.0. The van der Waals surface area contributed by atoms with Gasteiger partial charge in [-0.25, -0.2) is 0 Å². The number of nitrogens with one attached hydrogen (secondary N) is 2. The Labute approximate surface area is 237 Å². The standard InChI is InChI=1S/C26H30BrF3N6O4/c1-15-6-17(26(28,29)30)13-35(12-15)25(38)21-8-18(27)9-22(36(39)40)23(21)33-19-4-3-5-34(14-19)24(37)16-7-20(31-2)11-32-10-16/h7-11,15,17,19,31,33H,3-6,12-14H2,1-2H3/t15-,17+,19+/m0/s1. The molecule has 10 nitrogen and oxygen atoms in total. The molecule has 14 heteroatoms. The van der Waals surface area contributed by atoms with E-state index in [9.17, 15) is 32.9 Å². The van der Waals surface area contributed by atoms with Crippen molar-refractivity contribution in [1.29, 1.82) is 0 Å². The van der Waals surface area contributed by atoms with E-state index in [0.717, 1.165) is 4.90 Å². The third kappa shape index (κ3) is 6.65. The average Bonchev–Trinajstić information content (AvgIpc) is 2.92. The van der Waals surface area contributed by atoms with Gasteiger partial charge >= 0.3 is 6.18 Å². The first-order valence-corrected chi connectivity index (χ1v) is 13.7. The molecule has 2 amide bonds. The number of anilines is 2. The Balaban J connectivity index is 1.61. The Bertz CT molecular complexity index is 1290. The second-order valence-electron chi connectivity index (χ2n) is 10.3. The highest BCUT2D eigenvalue weighted by atomic mass is 79.9. The minimum atomic E-state index is -4.46. The number of hydrogen-bond acceptors (Lipinski definition) is 7. The lowest BCUT2D eigenvalue weighted by Crippen LogP contribution is -2.48. The van der Waals surface area contributed by atoms with Gasteiger partial charge in [0.25, 0.3) is 17.5 Å². The van der Waals surface area contributed by atoms with Gasteiger partial charge in [0.2, 0.25) is 0 Å². The molecule has 2 aromatic rings. The van der Waals surface area contributed by atoms with Crippen molar-refractivity contribution in [3.8, 4) is 0 Å². The van der Waals surface area contributed by atoms with Gasteiger partial charge in [-0.2, -0.15) is 13.2 Å². The fourth-order valence-electron chi connectivity index (χ4n) is 5.34. The molecule has 2 N–H and O–H groups in total. The molecule has 216 valence electrons. The first kappa shape index (κ1) is 29.6. The van der Waals surface area contributed by atoms with Gasteiger partial charge in [0, 0.05) is 62.2 Å². The van der Waals surface area contributed by atoms with E-state index in [4.69, 9.17) is 0 Å². The molecular formula is C26H30BrF3N6O4. The number of amides is 2. The molecule has 0 spiro atoms. The number of piperidine rings is 2. The van der Waals surface area contributed by atoms with Gasteiger partial charge in [-0.1, -0.05) is 22.9 Å². The van der Waals surface area contributed by atoms with Gasteiger partial charge in [0.1, 0.15) is 5.69 Å². The maximum absolute atomic E-state index is 13.6. The summed E-state index contributed by atoms with van der Waals surface area (Å²) >= 11 is 3.21. The summed E-state index contributed by atoms with van der Waals surface area (Å²) in [7, 11) is 1.71. The molecule has 0 unspecified atom stereocenters. The van der Waals surface area contributed by atoms with Crippen molar-refractivity contribution in [2.75, 3.05) is 43.9 Å². The number of nitro benzene ring substituents is 1. The SMILES string of the molecule is CNc1cncc(C(=O)N2CCC[C@@H](Nc3c(C(=O)N4C[C@@H](C)C[C@@H](C(F)(F)F)C4)cc(Br)cc3[N+](=O)[O-])C2)c1. The number of halogens is 4. The molecule has 1 aromatic heterocycles. The number of carbonyl (C=O) groups excluding carboxylic acids is 2. The van der Waals surface area contributed by atoms with Crippen molar-refractivity contribution >= 4 is 44.8 Å². The molecule has 0 radical (unpaired) electrons. The molecular weight excluding hydrogens is 597 g/mol. The minimum Gasteiger partial charge on any atom is -0.387 e. The number of hydrogen-bond donors (Lipinski definition) is 2. The predicted octanol–water partition coefficient (Wildman–Crippen LogP) is 5.17. The molecule has 1 aromatic carbocycles. The summed E-state index contributed by atoms with van der Waals surface area (Å²) in [5, 5.41) is 18.1. The smallest absolute Gasteiger partial charge is 0.387 e. The largest absolute Gasteiger partial charge is 0.393 e. The Hall–Kier alpha value is -3.42. The van der Waals surface area contributed by atoms with E-state index in [1.807, 2.05) is 0 Å². The molecule has 3 heterocycles. The van der Waals surface area contributed by atoms with Crippen molar-refractivity contribution in [2.24, 2.45) is 11.8 Å². The van der Waals surface area contributed by atoms with E-state index in [0.29, 0.717) is 30.6 Å². The summed E-state index contributed by atoms with van der Waals surface area (Å²) in [5.74, 6) is -3.03. The normalized spacial score (nSPS) is 21.6. The maximum atomic E-state index is 13.6. The van der Waals surface area contributed by atoms with Crippen molar-refractivity contribution in [2.45, 2.75) is 38.4 Å². The Morgan fingerprint density at radius 1 is 1.12 bits per heavy atom. The van der Waals surface area contributed by atoms with Gasteiger partial charge in [0.15, 0.2) is 0 Å². The summed E-state index contributed by atoms with van der Waals surface area (Å²) in [6.07, 6.45) is -0.329. The molecule has 4 rings (SSSR count). The monoisotopic (exact) mass is 626 g/mol. The Morgan fingerprint density at radius 3 is 2.55 bits per heavy atom. The van der Waals surface area contributed by atoms with Crippen molar-refractivity contribution in [3.63, 3.8) is 0 Å². The zero-order chi connectivity index (χ0) is 29.2. The Morgan fingerprint density at radius 2 is 1.88 bits per heavy atom. The summed E-state index contributed by atoms with van der Waals surface area (Å²) in [6.45, 7) is 1.92. The van der Waals surface area contributed by atoms with Crippen LogP contribution in [0.4, 0.5) is 30.2 Å². The third-order valence-corrected chi connectivity index (χ3v) is 7.71. The van der Waals surface area contributed by atoms with Crippen LogP contribution in [0.15, 0.2) is 35.1 Å². The van der Waals surface area contributed by atoms with Crippen LogP contribution >= 0.6 is 15.9 Å². The van der Waals surface area contributed by atoms with E-state index in [-0.39, 0.29) is 46.8 Å². The van der Waals surface area contributed by atoms with Crippen LogP contribution in [0.2, 0.25) is 0 Å². The van der Waals surface area contributed by atoms with Crippen LogP contribution in [0.5, 0.6) is 0 Å². The lowest BCUT2D eigenvalue weighted by Gasteiger charge is -2.38. The predicted molar refractivity (Wildman–Crippen MR) is 146 cm³/mol. The first-order valence-electron chi connectivity index (χ1n) is 12.9. The zero-order valence-electron chi connectivity index (χ0n) is 22.0. The van der Waals surface area contributed by atoms with Crippen LogP contribution in [0.3, 0.4) is 0 Å². The van der Waals surface area contributed by atoms with Crippen LogP contribution < -0.4 is 10.6 Å². The second-order valence-corrected chi connectivity index (χ2v) is 11.3. The number of alkyl halides is 3.